The van der Waals surface area contributed by atoms with Gasteiger partial charge in [-0.3, -0.25) is 9.59 Å². The van der Waals surface area contributed by atoms with Crippen LogP contribution in [0.4, 0.5) is 0 Å². The van der Waals surface area contributed by atoms with Gasteiger partial charge < -0.3 is 14.6 Å². The van der Waals surface area contributed by atoms with E-state index in [1.165, 1.54) is 7.11 Å². The first-order valence-electron chi connectivity index (χ1n) is 18.5. The minimum absolute atomic E-state index is 0.0351. The number of esters is 1. The first-order chi connectivity index (χ1) is 26.4. The molecule has 6 aromatic rings. The van der Waals surface area contributed by atoms with Crippen molar-refractivity contribution in [1.82, 2.24) is 14.9 Å². The molecular weight excluding hydrogens is 669 g/mol. The van der Waals surface area contributed by atoms with Crippen molar-refractivity contribution in [2.75, 3.05) is 13.7 Å². The second-order valence-corrected chi connectivity index (χ2v) is 14.3. The molecule has 7 heteroatoms. The Kier molecular flexibility index (Phi) is 10.7. The molecule has 0 saturated carbocycles. The molecule has 3 atom stereocenters. The Morgan fingerprint density at radius 3 is 2.00 bits per heavy atom. The van der Waals surface area contributed by atoms with Gasteiger partial charge in [-0.1, -0.05) is 127 Å². The molecule has 7 nitrogen and oxygen atoms in total. The summed E-state index contributed by atoms with van der Waals surface area (Å²) in [6.45, 7) is 2.54. The van der Waals surface area contributed by atoms with Crippen molar-refractivity contribution in [3.05, 3.63) is 197 Å². The van der Waals surface area contributed by atoms with Gasteiger partial charge in [0.15, 0.2) is 5.78 Å². The van der Waals surface area contributed by atoms with Gasteiger partial charge in [-0.15, -0.1) is 0 Å². The molecule has 0 radical (unpaired) electrons. The van der Waals surface area contributed by atoms with Crippen molar-refractivity contribution in [3.8, 4) is 6.07 Å². The molecule has 0 aliphatic carbocycles. The monoisotopic (exact) mass is 712 g/mol. The molecule has 270 valence electrons. The van der Waals surface area contributed by atoms with Crippen LogP contribution in [0.5, 0.6) is 0 Å². The van der Waals surface area contributed by atoms with Crippen molar-refractivity contribution >= 4 is 11.8 Å². The van der Waals surface area contributed by atoms with E-state index in [-0.39, 0.29) is 11.8 Å². The van der Waals surface area contributed by atoms with Gasteiger partial charge in [0.05, 0.1) is 48.1 Å². The lowest BCUT2D eigenvalue weighted by Crippen LogP contribution is -2.53. The molecule has 1 unspecified atom stereocenters. The quantitative estimate of drug-likeness (QED) is 0.102. The number of aryl methyl sites for hydroxylation is 1. The highest BCUT2D eigenvalue weighted by molar-refractivity contribution is 5.91. The number of imidazole rings is 1. The lowest BCUT2D eigenvalue weighted by atomic mass is 9.69. The molecule has 0 amide bonds. The van der Waals surface area contributed by atoms with Crippen LogP contribution < -0.4 is 5.32 Å². The summed E-state index contributed by atoms with van der Waals surface area (Å²) in [5, 5.41) is 13.0. The number of carbonyl (C=O) groups excluding carboxylic acids is 2. The largest absolute Gasteiger partial charge is 0.469 e. The van der Waals surface area contributed by atoms with Crippen LogP contribution in [0.3, 0.4) is 0 Å². The summed E-state index contributed by atoms with van der Waals surface area (Å²) < 4.78 is 7.57. The molecule has 0 spiro atoms. The average Bonchev–Trinajstić information content (AvgIpc) is 3.72. The first kappa shape index (κ1) is 36.3. The van der Waals surface area contributed by atoms with Gasteiger partial charge in [0, 0.05) is 6.20 Å². The maximum atomic E-state index is 15.1. The number of benzene rings is 5. The van der Waals surface area contributed by atoms with E-state index in [1.807, 2.05) is 104 Å². The van der Waals surface area contributed by atoms with Gasteiger partial charge in [-0.05, 0) is 84.7 Å². The van der Waals surface area contributed by atoms with Crippen LogP contribution in [0, 0.1) is 23.7 Å². The van der Waals surface area contributed by atoms with Gasteiger partial charge in [0.1, 0.15) is 5.54 Å². The summed E-state index contributed by atoms with van der Waals surface area (Å²) in [5.74, 6) is -0.980. The first-order valence-corrected chi connectivity index (χ1v) is 18.5. The summed E-state index contributed by atoms with van der Waals surface area (Å²) in [7, 11) is 1.43. The van der Waals surface area contributed by atoms with Crippen LogP contribution in [0.1, 0.15) is 63.4 Å². The maximum absolute atomic E-state index is 15.1. The van der Waals surface area contributed by atoms with E-state index in [9.17, 15) is 10.1 Å². The summed E-state index contributed by atoms with van der Waals surface area (Å²) >= 11 is 0. The van der Waals surface area contributed by atoms with Crippen molar-refractivity contribution in [3.63, 3.8) is 0 Å². The highest BCUT2D eigenvalue weighted by atomic mass is 16.5. The average molecular weight is 713 g/mol. The number of nitriles is 1. The summed E-state index contributed by atoms with van der Waals surface area (Å²) in [6, 6.07) is 48.1. The molecule has 7 rings (SSSR count). The Labute approximate surface area is 317 Å². The van der Waals surface area contributed by atoms with Crippen LogP contribution in [0.15, 0.2) is 152 Å². The zero-order valence-corrected chi connectivity index (χ0v) is 30.7. The number of aromatic nitrogens is 2. The number of nitrogens with zero attached hydrogens (tertiary/aromatic N) is 3. The van der Waals surface area contributed by atoms with E-state index in [4.69, 9.17) is 9.72 Å². The van der Waals surface area contributed by atoms with Crippen LogP contribution in [0.25, 0.3) is 0 Å². The van der Waals surface area contributed by atoms with E-state index in [1.54, 1.807) is 12.1 Å². The SMILES string of the molecule is COC(=O)[C@@]1(Cc2ccccc2C)CCN[C@@H](C(=O)C(Cc2ccc(C#N)cc2)c2cn(C(c3ccccc3)(c3ccccc3)c3ccccc3)cn2)C1. The predicted molar refractivity (Wildman–Crippen MR) is 210 cm³/mol. The van der Waals surface area contributed by atoms with Gasteiger partial charge in [-0.25, -0.2) is 4.98 Å². The lowest BCUT2D eigenvalue weighted by molar-refractivity contribution is -0.155. The molecule has 1 N–H and O–H groups in total. The molecule has 1 aliphatic heterocycles. The predicted octanol–water partition coefficient (Wildman–Crippen LogP) is 7.95. The number of methoxy groups -OCH3 is 1. The Morgan fingerprint density at radius 1 is 0.870 bits per heavy atom. The number of rotatable bonds is 12. The van der Waals surface area contributed by atoms with Crippen LogP contribution in [-0.2, 0) is 32.7 Å². The van der Waals surface area contributed by atoms with Crippen LogP contribution in [0.2, 0.25) is 0 Å². The minimum Gasteiger partial charge on any atom is -0.469 e. The smallest absolute Gasteiger partial charge is 0.312 e. The molecule has 1 aromatic heterocycles. The van der Waals surface area contributed by atoms with Gasteiger partial charge >= 0.3 is 5.97 Å². The lowest BCUT2D eigenvalue weighted by Gasteiger charge is -2.40. The van der Waals surface area contributed by atoms with E-state index in [2.05, 4.69) is 58.4 Å². The minimum atomic E-state index is -0.867. The topological polar surface area (TPSA) is 97.0 Å². The molecular formula is C47H44N4O3. The number of nitrogens with one attached hydrogen (secondary N) is 1. The molecule has 1 fully saturated rings. The third-order valence-electron chi connectivity index (χ3n) is 11.1. The molecule has 1 aliphatic rings. The number of hydrogen-bond donors (Lipinski definition) is 1. The molecule has 0 bridgehead atoms. The molecule has 5 aromatic carbocycles. The normalized spacial score (nSPS) is 17.6. The fraction of sp³-hybridized carbons (Fsp3) is 0.234. The maximum Gasteiger partial charge on any atom is 0.312 e. The fourth-order valence-electron chi connectivity index (χ4n) is 8.29. The Bertz CT molecular complexity index is 2150. The Morgan fingerprint density at radius 2 is 1.44 bits per heavy atom. The summed E-state index contributed by atoms with van der Waals surface area (Å²) in [5.41, 5.74) is 5.76. The standard InChI is InChI=1S/C47H44N4O3/c1-34-14-12-13-15-37(34)29-46(45(53)54-2)26-27-49-42(30-46)44(52)41(28-35-22-24-36(31-48)25-23-35)43-32-51(33-50-43)47(38-16-6-3-7-17-38,39-18-8-4-9-19-39)40-20-10-5-11-21-40/h3-25,32-33,41-42,49H,26-30H2,1-2H3/t41?,42-,46-/m1/s1. The van der Waals surface area contributed by atoms with Crippen molar-refractivity contribution in [1.29, 1.82) is 5.26 Å². The molecule has 54 heavy (non-hydrogen) atoms. The molecule has 2 heterocycles. The number of carbonyl (C=O) groups is 2. The van der Waals surface area contributed by atoms with Gasteiger partial charge in [0.2, 0.25) is 0 Å². The summed E-state index contributed by atoms with van der Waals surface area (Å²) in [6.07, 6.45) is 5.58. The Hall–Kier alpha value is -6.10. The van der Waals surface area contributed by atoms with Crippen LogP contribution in [-0.4, -0.2) is 41.0 Å². The van der Waals surface area contributed by atoms with Crippen molar-refractivity contribution < 1.29 is 14.3 Å². The van der Waals surface area contributed by atoms with Gasteiger partial charge in [0.25, 0.3) is 0 Å². The third kappa shape index (κ3) is 7.01. The van der Waals surface area contributed by atoms with E-state index in [0.717, 1.165) is 33.4 Å². The van der Waals surface area contributed by atoms with E-state index >= 15 is 4.79 Å². The van der Waals surface area contributed by atoms with E-state index < -0.39 is 22.9 Å². The number of hydrogen-bond acceptors (Lipinski definition) is 6. The van der Waals surface area contributed by atoms with Gasteiger partial charge in [-0.2, -0.15) is 5.26 Å². The zero-order chi connectivity index (χ0) is 37.5. The second-order valence-electron chi connectivity index (χ2n) is 14.3. The zero-order valence-electron chi connectivity index (χ0n) is 30.7. The molecule has 1 saturated heterocycles. The van der Waals surface area contributed by atoms with Crippen molar-refractivity contribution in [2.45, 2.75) is 50.1 Å². The third-order valence-corrected chi connectivity index (χ3v) is 11.1. The fourth-order valence-corrected chi connectivity index (χ4v) is 8.29. The number of piperidine rings is 1. The highest BCUT2D eigenvalue weighted by Crippen LogP contribution is 2.42. The van der Waals surface area contributed by atoms with Crippen LogP contribution >= 0.6 is 0 Å². The second kappa shape index (κ2) is 15.9. The Balaban J connectivity index is 1.33. The number of Topliss-reactive ketones (excluding diaryl/α,β-unsaturated/α-hetero) is 1. The highest BCUT2D eigenvalue weighted by Gasteiger charge is 2.47. The summed E-state index contributed by atoms with van der Waals surface area (Å²) in [4.78, 5) is 33.8. The number of ether oxygens (including phenoxy) is 1. The number of ketones is 1. The van der Waals surface area contributed by atoms with E-state index in [0.29, 0.717) is 43.5 Å². The van der Waals surface area contributed by atoms with Crippen molar-refractivity contribution in [2.24, 2.45) is 5.41 Å².